The van der Waals surface area contributed by atoms with Crippen molar-refractivity contribution in [3.63, 3.8) is 0 Å². The molecule has 5 aromatic rings. The van der Waals surface area contributed by atoms with E-state index >= 15 is 0 Å². The number of benzene rings is 3. The van der Waals surface area contributed by atoms with Gasteiger partial charge in [0, 0.05) is 43.8 Å². The van der Waals surface area contributed by atoms with Gasteiger partial charge < -0.3 is 8.98 Å². The van der Waals surface area contributed by atoms with Crippen LogP contribution in [-0.4, -0.2) is 20.7 Å². The lowest BCUT2D eigenvalue weighted by molar-refractivity contribution is 0.102. The molecule has 11 heteroatoms. The van der Waals surface area contributed by atoms with E-state index in [1.165, 1.54) is 30.3 Å². The van der Waals surface area contributed by atoms with Gasteiger partial charge in [-0.15, -0.1) is 5.10 Å². The smallest absolute Gasteiger partial charge is 0.322 e. The summed E-state index contributed by atoms with van der Waals surface area (Å²) in [5, 5.41) is 12.8. The topological polar surface area (TPSA) is 73.0 Å². The molecule has 5 rings (SSSR count). The van der Waals surface area contributed by atoms with Crippen LogP contribution in [0.3, 0.4) is 0 Å². The minimum absolute atomic E-state index is 0.0282. The molecule has 2 aromatic heterocycles. The molecule has 0 radical (unpaired) electrons. The van der Waals surface area contributed by atoms with E-state index in [4.69, 9.17) is 50.8 Å². The van der Waals surface area contributed by atoms with E-state index < -0.39 is 11.7 Å². The Bertz CT molecular complexity index is 1630. The average Bonchev–Trinajstić information content (AvgIpc) is 3.39. The molecule has 0 bridgehead atoms. The minimum atomic E-state index is -0.546. The van der Waals surface area contributed by atoms with Crippen LogP contribution in [0.1, 0.15) is 21.5 Å². The zero-order valence-corrected chi connectivity index (χ0v) is 21.5. The van der Waals surface area contributed by atoms with Gasteiger partial charge in [-0.3, -0.25) is 10.1 Å². The van der Waals surface area contributed by atoms with Crippen LogP contribution in [0.2, 0.25) is 20.1 Å². The van der Waals surface area contributed by atoms with Gasteiger partial charge in [-0.2, -0.15) is 0 Å². The van der Waals surface area contributed by atoms with Crippen LogP contribution < -0.4 is 5.32 Å². The van der Waals surface area contributed by atoms with Crippen molar-refractivity contribution in [1.29, 1.82) is 0 Å². The fourth-order valence-corrected chi connectivity index (χ4v) is 4.93. The van der Waals surface area contributed by atoms with Crippen molar-refractivity contribution in [2.24, 2.45) is 0 Å². The Morgan fingerprint density at radius 2 is 1.75 bits per heavy atom. The van der Waals surface area contributed by atoms with E-state index in [-0.39, 0.29) is 17.5 Å². The van der Waals surface area contributed by atoms with Gasteiger partial charge in [-0.25, -0.2) is 4.39 Å². The molecular weight excluding hydrogens is 549 g/mol. The Hall–Kier alpha value is -3.10. The molecule has 0 aliphatic carbocycles. The predicted molar refractivity (Wildman–Crippen MR) is 140 cm³/mol. The van der Waals surface area contributed by atoms with Crippen molar-refractivity contribution in [1.82, 2.24) is 14.8 Å². The summed E-state index contributed by atoms with van der Waals surface area (Å²) in [6, 6.07) is 12.2. The number of hydrogen-bond acceptors (Lipinski definition) is 4. The molecule has 1 N–H and O–H groups in total. The van der Waals surface area contributed by atoms with E-state index in [0.29, 0.717) is 43.1 Å². The molecule has 6 nitrogen and oxygen atoms in total. The number of aromatic nitrogens is 3. The number of halogens is 5. The highest BCUT2D eigenvalue weighted by atomic mass is 35.5. The lowest BCUT2D eigenvalue weighted by Gasteiger charge is -2.10. The predicted octanol–water partition coefficient (Wildman–Crippen LogP) is 8.05. The lowest BCUT2D eigenvalue weighted by Crippen LogP contribution is -2.12. The van der Waals surface area contributed by atoms with Crippen molar-refractivity contribution in [2.45, 2.75) is 13.5 Å². The molecule has 0 fully saturated rings. The average molecular weight is 564 g/mol. The van der Waals surface area contributed by atoms with Crippen LogP contribution in [0.5, 0.6) is 0 Å². The summed E-state index contributed by atoms with van der Waals surface area (Å²) in [6.07, 6.45) is 1.89. The SMILES string of the molecule is Cc1cn(Cc2ccc(Cl)cc2Cl)c2c(-c3nnc(NC(=O)c4cc(Cl)cc(Cl)c4)o3)cc(F)cc12. The van der Waals surface area contributed by atoms with Gasteiger partial charge >= 0.3 is 6.01 Å². The Morgan fingerprint density at radius 1 is 1.00 bits per heavy atom. The molecule has 0 spiro atoms. The molecule has 3 aromatic carbocycles. The van der Waals surface area contributed by atoms with Crippen molar-refractivity contribution >= 4 is 69.2 Å². The second kappa shape index (κ2) is 9.75. The van der Waals surface area contributed by atoms with Gasteiger partial charge in [0.25, 0.3) is 11.8 Å². The minimum Gasteiger partial charge on any atom is -0.403 e. The van der Waals surface area contributed by atoms with Gasteiger partial charge in [0.1, 0.15) is 5.82 Å². The van der Waals surface area contributed by atoms with Crippen LogP contribution in [0.25, 0.3) is 22.4 Å². The number of carbonyl (C=O) groups excluding carboxylic acids is 1. The molecule has 36 heavy (non-hydrogen) atoms. The number of nitrogens with zero attached hydrogens (tertiary/aromatic N) is 3. The molecular formula is C25H15Cl4FN4O2. The number of fused-ring (bicyclic) bond motifs is 1. The monoisotopic (exact) mass is 562 g/mol. The second-order valence-corrected chi connectivity index (χ2v) is 9.77. The number of amides is 1. The maximum Gasteiger partial charge on any atom is 0.322 e. The molecule has 2 heterocycles. The third-order valence-electron chi connectivity index (χ3n) is 5.49. The van der Waals surface area contributed by atoms with Crippen LogP contribution >= 0.6 is 46.4 Å². The molecule has 1 amide bonds. The van der Waals surface area contributed by atoms with Gasteiger partial charge in [0.15, 0.2) is 0 Å². The quantitative estimate of drug-likeness (QED) is 0.235. The highest BCUT2D eigenvalue weighted by molar-refractivity contribution is 6.35. The first kappa shape index (κ1) is 24.6. The molecule has 0 saturated heterocycles. The highest BCUT2D eigenvalue weighted by Crippen LogP contribution is 2.34. The zero-order chi connectivity index (χ0) is 25.6. The number of aryl methyl sites for hydroxylation is 1. The molecule has 0 atom stereocenters. The molecule has 0 aliphatic rings. The number of hydrogen-bond donors (Lipinski definition) is 1. The second-order valence-electron chi connectivity index (χ2n) is 8.05. The Balaban J connectivity index is 1.52. The molecule has 182 valence electrons. The summed E-state index contributed by atoms with van der Waals surface area (Å²) in [4.78, 5) is 12.6. The summed E-state index contributed by atoms with van der Waals surface area (Å²) in [6.45, 7) is 2.27. The zero-order valence-electron chi connectivity index (χ0n) is 18.5. The number of rotatable bonds is 5. The number of anilines is 1. The normalized spacial score (nSPS) is 11.3. The molecule has 0 saturated carbocycles. The lowest BCUT2D eigenvalue weighted by atomic mass is 10.1. The molecule has 0 unspecified atom stereocenters. The van der Waals surface area contributed by atoms with Crippen LogP contribution in [0, 0.1) is 12.7 Å². The summed E-state index contributed by atoms with van der Waals surface area (Å²) in [5.74, 6) is -0.990. The van der Waals surface area contributed by atoms with E-state index in [9.17, 15) is 9.18 Å². The van der Waals surface area contributed by atoms with Gasteiger partial charge in [-0.1, -0.05) is 57.6 Å². The maximum absolute atomic E-state index is 14.6. The summed E-state index contributed by atoms with van der Waals surface area (Å²) in [7, 11) is 0. The van der Waals surface area contributed by atoms with Crippen LogP contribution in [-0.2, 0) is 6.54 Å². The van der Waals surface area contributed by atoms with Crippen molar-refractivity contribution in [3.05, 3.63) is 97.3 Å². The maximum atomic E-state index is 14.6. The van der Waals surface area contributed by atoms with E-state index in [1.54, 1.807) is 12.1 Å². The summed E-state index contributed by atoms with van der Waals surface area (Å²) < 4.78 is 22.2. The van der Waals surface area contributed by atoms with E-state index in [1.807, 2.05) is 23.8 Å². The Labute approximate surface area is 224 Å². The van der Waals surface area contributed by atoms with Gasteiger partial charge in [0.05, 0.1) is 11.1 Å². The first-order valence-corrected chi connectivity index (χ1v) is 12.0. The number of nitrogens with one attached hydrogen (secondary N) is 1. The highest BCUT2D eigenvalue weighted by Gasteiger charge is 2.20. The third kappa shape index (κ3) is 4.92. The first-order chi connectivity index (χ1) is 17.2. The Morgan fingerprint density at radius 3 is 2.47 bits per heavy atom. The van der Waals surface area contributed by atoms with Crippen molar-refractivity contribution < 1.29 is 13.6 Å². The standard InChI is InChI=1S/C25H15Cl4FN4O2/c1-12-10-34(11-13-2-3-15(26)7-21(13)29)22-19(12)8-18(30)9-20(22)24-32-33-25(36-24)31-23(35)14-4-16(27)6-17(28)5-14/h2-10H,11H2,1H3,(H,31,33,35). The van der Waals surface area contributed by atoms with Gasteiger partial charge in [-0.05, 0) is 60.5 Å². The van der Waals surface area contributed by atoms with Crippen LogP contribution in [0.4, 0.5) is 10.4 Å². The summed E-state index contributed by atoms with van der Waals surface area (Å²) >= 11 is 24.4. The number of carbonyl (C=O) groups is 1. The Kier molecular flexibility index (Phi) is 6.66. The van der Waals surface area contributed by atoms with Gasteiger partial charge in [0.2, 0.25) is 0 Å². The fourth-order valence-electron chi connectivity index (χ4n) is 3.94. The first-order valence-electron chi connectivity index (χ1n) is 10.5. The molecule has 0 aliphatic heterocycles. The fraction of sp³-hybridized carbons (Fsp3) is 0.0800. The third-order valence-corrected chi connectivity index (χ3v) is 6.52. The van der Waals surface area contributed by atoms with Crippen molar-refractivity contribution in [2.75, 3.05) is 5.32 Å². The van der Waals surface area contributed by atoms with E-state index in [0.717, 1.165) is 11.1 Å². The summed E-state index contributed by atoms with van der Waals surface area (Å²) in [5.41, 5.74) is 2.92. The van der Waals surface area contributed by atoms with Crippen molar-refractivity contribution in [3.8, 4) is 11.5 Å². The van der Waals surface area contributed by atoms with E-state index in [2.05, 4.69) is 15.5 Å². The van der Waals surface area contributed by atoms with Crippen LogP contribution in [0.15, 0.2) is 59.1 Å². The largest absolute Gasteiger partial charge is 0.403 e.